The number of carbonyl (C=O) groups excluding carboxylic acids is 1. The van der Waals surface area contributed by atoms with Crippen LogP contribution in [0.2, 0.25) is 0 Å². The van der Waals surface area contributed by atoms with Gasteiger partial charge < -0.3 is 9.90 Å². The first-order valence-corrected chi connectivity index (χ1v) is 10.2. The van der Waals surface area contributed by atoms with Crippen LogP contribution in [-0.2, 0) is 21.2 Å². The van der Waals surface area contributed by atoms with Gasteiger partial charge in [-0.1, -0.05) is 54.6 Å². The van der Waals surface area contributed by atoms with Crippen LogP contribution in [-0.4, -0.2) is 20.4 Å². The van der Waals surface area contributed by atoms with Gasteiger partial charge in [0.1, 0.15) is 0 Å². The predicted molar refractivity (Wildman–Crippen MR) is 106 cm³/mol. The molecule has 0 aromatic heterocycles. The second-order valence-electron chi connectivity index (χ2n) is 6.40. The van der Waals surface area contributed by atoms with Crippen molar-refractivity contribution < 1.29 is 47.9 Å². The van der Waals surface area contributed by atoms with Gasteiger partial charge in [-0.3, -0.25) is 0 Å². The maximum atomic E-state index is 12.6. The number of carboxylic acids is 1. The molecular formula is C22H17N2NaO4S. The standard InChI is InChI=1S/C22H18N2O4S.Na/c23-15-17-6-8-18(9-7-17)19-10-12-20(13-11-19)29(27,28)24-21(22(25)26)14-16-4-2-1-3-5-16;/h1-13,21,24H,14H2,(H,25,26);/q;+1/p-1/t21-;/m1./s1. The fourth-order valence-corrected chi connectivity index (χ4v) is 4.03. The van der Waals surface area contributed by atoms with Crippen LogP contribution in [0.1, 0.15) is 11.1 Å². The molecule has 0 radical (unpaired) electrons. The van der Waals surface area contributed by atoms with E-state index in [1.54, 1.807) is 66.7 Å². The van der Waals surface area contributed by atoms with Gasteiger partial charge in [0, 0.05) is 0 Å². The molecule has 0 aliphatic rings. The third-order valence-electron chi connectivity index (χ3n) is 4.38. The number of hydrogen-bond donors (Lipinski definition) is 1. The van der Waals surface area contributed by atoms with Crippen molar-refractivity contribution in [2.24, 2.45) is 0 Å². The number of benzene rings is 3. The number of nitrogens with one attached hydrogen (secondary N) is 1. The number of carbonyl (C=O) groups is 1. The molecule has 30 heavy (non-hydrogen) atoms. The number of carboxylic acid groups (broad SMARTS) is 1. The van der Waals surface area contributed by atoms with Gasteiger partial charge in [-0.2, -0.15) is 5.26 Å². The molecule has 3 aromatic rings. The topological polar surface area (TPSA) is 110 Å². The summed E-state index contributed by atoms with van der Waals surface area (Å²) in [4.78, 5) is 11.4. The smallest absolute Gasteiger partial charge is 0.548 e. The molecule has 1 atom stereocenters. The van der Waals surface area contributed by atoms with E-state index in [0.717, 1.165) is 11.1 Å². The average molecular weight is 428 g/mol. The molecule has 0 fully saturated rings. The SMILES string of the molecule is N#Cc1ccc(-c2ccc(S(=O)(=O)N[C@H](Cc3ccccc3)C(=O)[O-])cc2)cc1.[Na+]. The Balaban J connectivity index is 0.00000320. The number of hydrogen-bond acceptors (Lipinski definition) is 5. The van der Waals surface area contributed by atoms with Crippen molar-refractivity contribution in [1.29, 1.82) is 5.26 Å². The number of aliphatic carboxylic acids is 1. The molecule has 0 amide bonds. The van der Waals surface area contributed by atoms with Gasteiger partial charge in [0.2, 0.25) is 10.0 Å². The van der Waals surface area contributed by atoms with E-state index in [0.29, 0.717) is 11.1 Å². The molecule has 8 heteroatoms. The van der Waals surface area contributed by atoms with Crippen molar-refractivity contribution in [3.63, 3.8) is 0 Å². The van der Waals surface area contributed by atoms with Crippen molar-refractivity contribution in [3.8, 4) is 17.2 Å². The summed E-state index contributed by atoms with van der Waals surface area (Å²) >= 11 is 0. The van der Waals surface area contributed by atoms with Crippen molar-refractivity contribution in [3.05, 3.63) is 90.0 Å². The maximum Gasteiger partial charge on any atom is 1.00 e. The second-order valence-corrected chi connectivity index (χ2v) is 8.11. The molecule has 146 valence electrons. The third-order valence-corrected chi connectivity index (χ3v) is 5.86. The molecule has 3 rings (SSSR count). The number of nitrogens with zero attached hydrogens (tertiary/aromatic N) is 1. The average Bonchev–Trinajstić information content (AvgIpc) is 2.74. The van der Waals surface area contributed by atoms with Crippen LogP contribution in [0.3, 0.4) is 0 Å². The van der Waals surface area contributed by atoms with E-state index in [1.807, 2.05) is 6.07 Å². The molecule has 0 aliphatic heterocycles. The molecule has 0 aliphatic carbocycles. The van der Waals surface area contributed by atoms with Gasteiger partial charge in [-0.25, -0.2) is 13.1 Å². The molecule has 6 nitrogen and oxygen atoms in total. The Morgan fingerprint density at radius 2 is 1.47 bits per heavy atom. The van der Waals surface area contributed by atoms with Crippen LogP contribution in [0.15, 0.2) is 83.8 Å². The van der Waals surface area contributed by atoms with Gasteiger partial charge in [-0.15, -0.1) is 0 Å². The number of sulfonamides is 1. The molecule has 3 aromatic carbocycles. The zero-order chi connectivity index (χ0) is 20.9. The van der Waals surface area contributed by atoms with E-state index in [1.165, 1.54) is 12.1 Å². The van der Waals surface area contributed by atoms with Crippen molar-refractivity contribution in [2.75, 3.05) is 0 Å². The van der Waals surface area contributed by atoms with Crippen LogP contribution in [0.5, 0.6) is 0 Å². The van der Waals surface area contributed by atoms with Gasteiger partial charge in [0.05, 0.1) is 28.5 Å². The van der Waals surface area contributed by atoms with Gasteiger partial charge in [0.15, 0.2) is 0 Å². The van der Waals surface area contributed by atoms with E-state index in [2.05, 4.69) is 4.72 Å². The van der Waals surface area contributed by atoms with Gasteiger partial charge in [0.25, 0.3) is 0 Å². The minimum absolute atomic E-state index is 0. The van der Waals surface area contributed by atoms with E-state index < -0.39 is 22.0 Å². The minimum atomic E-state index is -4.05. The van der Waals surface area contributed by atoms with Crippen LogP contribution < -0.4 is 39.4 Å². The van der Waals surface area contributed by atoms with E-state index in [4.69, 9.17) is 5.26 Å². The molecule has 0 saturated heterocycles. The molecule has 0 saturated carbocycles. The Bertz CT molecular complexity index is 1140. The summed E-state index contributed by atoms with van der Waals surface area (Å²) < 4.78 is 27.5. The third kappa shape index (κ3) is 6.02. The summed E-state index contributed by atoms with van der Waals surface area (Å²) in [5.41, 5.74) is 2.82. The van der Waals surface area contributed by atoms with Crippen LogP contribution in [0.25, 0.3) is 11.1 Å². The fraction of sp³-hybridized carbons (Fsp3) is 0.0909. The van der Waals surface area contributed by atoms with Crippen LogP contribution in [0, 0.1) is 11.3 Å². The largest absolute Gasteiger partial charge is 1.00 e. The minimum Gasteiger partial charge on any atom is -0.548 e. The first-order valence-electron chi connectivity index (χ1n) is 8.77. The monoisotopic (exact) mass is 428 g/mol. The van der Waals surface area contributed by atoms with Gasteiger partial charge in [-0.05, 0) is 47.4 Å². The summed E-state index contributed by atoms with van der Waals surface area (Å²) in [5, 5.41) is 20.3. The summed E-state index contributed by atoms with van der Waals surface area (Å²) in [6.45, 7) is 0. The second kappa shape index (κ2) is 10.5. The van der Waals surface area contributed by atoms with E-state index in [9.17, 15) is 18.3 Å². The molecular weight excluding hydrogens is 411 g/mol. The van der Waals surface area contributed by atoms with Crippen LogP contribution >= 0.6 is 0 Å². The Morgan fingerprint density at radius 3 is 1.97 bits per heavy atom. The predicted octanol–water partition coefficient (Wildman–Crippen LogP) is -1.13. The van der Waals surface area contributed by atoms with Crippen molar-refractivity contribution in [1.82, 2.24) is 4.72 Å². The Morgan fingerprint density at radius 1 is 0.933 bits per heavy atom. The quantitative estimate of drug-likeness (QED) is 0.479. The van der Waals surface area contributed by atoms with Crippen molar-refractivity contribution >= 4 is 16.0 Å². The summed E-state index contributed by atoms with van der Waals surface area (Å²) in [5.74, 6) is -1.49. The van der Waals surface area contributed by atoms with E-state index in [-0.39, 0.29) is 40.9 Å². The molecule has 0 unspecified atom stereocenters. The van der Waals surface area contributed by atoms with E-state index >= 15 is 0 Å². The maximum absolute atomic E-state index is 12.6. The number of rotatable bonds is 7. The number of nitriles is 1. The Labute approximate surface area is 197 Å². The molecule has 1 N–H and O–H groups in total. The molecule has 0 bridgehead atoms. The Kier molecular flexibility index (Phi) is 8.35. The van der Waals surface area contributed by atoms with Gasteiger partial charge >= 0.3 is 29.6 Å². The first-order chi connectivity index (χ1) is 13.9. The first kappa shape index (κ1) is 23.8. The summed E-state index contributed by atoms with van der Waals surface area (Å²) in [7, 11) is -4.05. The zero-order valence-electron chi connectivity index (χ0n) is 16.3. The fourth-order valence-electron chi connectivity index (χ4n) is 2.84. The summed E-state index contributed by atoms with van der Waals surface area (Å²) in [6, 6.07) is 22.3. The normalized spacial score (nSPS) is 11.7. The Hall–Kier alpha value is -2.47. The molecule has 0 heterocycles. The van der Waals surface area contributed by atoms with Crippen molar-refractivity contribution in [2.45, 2.75) is 17.4 Å². The van der Waals surface area contributed by atoms with Crippen LogP contribution in [0.4, 0.5) is 0 Å². The zero-order valence-corrected chi connectivity index (χ0v) is 19.1. The summed E-state index contributed by atoms with van der Waals surface area (Å²) in [6.07, 6.45) is -0.0221. The molecule has 0 spiro atoms.